The first-order valence-corrected chi connectivity index (χ1v) is 8.96. The molecule has 0 bridgehead atoms. The van der Waals surface area contributed by atoms with Crippen LogP contribution in [-0.4, -0.2) is 54.0 Å². The summed E-state index contributed by atoms with van der Waals surface area (Å²) >= 11 is 5.57. The number of benzene rings is 1. The minimum absolute atomic E-state index is 0.0507. The van der Waals surface area contributed by atoms with Crippen molar-refractivity contribution in [3.63, 3.8) is 0 Å². The molecule has 1 atom stereocenters. The lowest BCUT2D eigenvalue weighted by Crippen LogP contribution is -2.49. The van der Waals surface area contributed by atoms with Gasteiger partial charge in [-0.1, -0.05) is 12.1 Å². The summed E-state index contributed by atoms with van der Waals surface area (Å²) < 4.78 is 4.74. The van der Waals surface area contributed by atoms with E-state index in [-0.39, 0.29) is 17.9 Å². The zero-order valence-corrected chi connectivity index (χ0v) is 16.2. The molecule has 0 saturated heterocycles. The molecule has 3 rings (SSSR count). The Morgan fingerprint density at radius 1 is 1.23 bits per heavy atom. The summed E-state index contributed by atoms with van der Waals surface area (Å²) in [6.07, 6.45) is 2.17. The van der Waals surface area contributed by atoms with Gasteiger partial charge in [0.1, 0.15) is 0 Å². The highest BCUT2D eigenvalue weighted by Gasteiger charge is 2.40. The first-order valence-electron chi connectivity index (χ1n) is 8.55. The smallest absolute Gasteiger partial charge is 0.337 e. The second-order valence-electron chi connectivity index (χ2n) is 6.80. The van der Waals surface area contributed by atoms with E-state index < -0.39 is 0 Å². The molecule has 1 aromatic carbocycles. The lowest BCUT2D eigenvalue weighted by Gasteiger charge is -2.38. The molecule has 2 aliphatic rings. The fourth-order valence-corrected chi connectivity index (χ4v) is 3.63. The maximum atomic E-state index is 12.9. The highest BCUT2D eigenvalue weighted by atomic mass is 32.1. The van der Waals surface area contributed by atoms with E-state index in [0.29, 0.717) is 22.3 Å². The molecule has 1 N–H and O–H groups in total. The fourth-order valence-electron chi connectivity index (χ4n) is 3.23. The second kappa shape index (κ2) is 7.07. The van der Waals surface area contributed by atoms with Crippen LogP contribution >= 0.6 is 12.2 Å². The van der Waals surface area contributed by atoms with Gasteiger partial charge in [0, 0.05) is 25.8 Å². The predicted octanol–water partition coefficient (Wildman–Crippen LogP) is 2.23. The Balaban J connectivity index is 2.02. The standard InChI is InChI=1S/C19H23N3O3S/c1-11-15(17(23)21(2)3)16(20-19(26)22(11)14-9-10-14)12-5-7-13(8-6-12)18(24)25-4/h5-8,14,16H,9-10H2,1-4H3,(H,20,26). The van der Waals surface area contributed by atoms with Gasteiger partial charge >= 0.3 is 5.97 Å². The molecule has 26 heavy (non-hydrogen) atoms. The van der Waals surface area contributed by atoms with Crippen molar-refractivity contribution in [2.75, 3.05) is 21.2 Å². The fraction of sp³-hybridized carbons (Fsp3) is 0.421. The summed E-state index contributed by atoms with van der Waals surface area (Å²) in [5.41, 5.74) is 2.92. The molecular weight excluding hydrogens is 350 g/mol. The molecule has 1 heterocycles. The van der Waals surface area contributed by atoms with Crippen molar-refractivity contribution >= 4 is 29.2 Å². The first kappa shape index (κ1) is 18.4. The topological polar surface area (TPSA) is 61.9 Å². The SMILES string of the molecule is COC(=O)c1ccc(C2NC(=S)N(C3CC3)C(C)=C2C(=O)N(C)C)cc1. The van der Waals surface area contributed by atoms with Gasteiger partial charge in [0.2, 0.25) is 0 Å². The van der Waals surface area contributed by atoms with Crippen molar-refractivity contribution in [2.45, 2.75) is 31.8 Å². The molecule has 1 aliphatic heterocycles. The number of ether oxygens (including phenoxy) is 1. The second-order valence-corrected chi connectivity index (χ2v) is 7.18. The lowest BCUT2D eigenvalue weighted by atomic mass is 9.93. The number of allylic oxidation sites excluding steroid dienone is 1. The van der Waals surface area contributed by atoms with E-state index in [1.54, 1.807) is 31.1 Å². The molecule has 138 valence electrons. The summed E-state index contributed by atoms with van der Waals surface area (Å²) in [6.45, 7) is 1.96. The van der Waals surface area contributed by atoms with Crippen LogP contribution < -0.4 is 5.32 Å². The number of hydrogen-bond acceptors (Lipinski definition) is 4. The number of hydrogen-bond donors (Lipinski definition) is 1. The number of methoxy groups -OCH3 is 1. The van der Waals surface area contributed by atoms with Gasteiger partial charge in [-0.3, -0.25) is 4.79 Å². The number of amides is 1. The summed E-state index contributed by atoms with van der Waals surface area (Å²) in [7, 11) is 4.84. The van der Waals surface area contributed by atoms with E-state index in [1.165, 1.54) is 7.11 Å². The number of likely N-dealkylation sites (N-methyl/N-ethyl adjacent to an activating group) is 1. The van der Waals surface area contributed by atoms with Crippen molar-refractivity contribution in [3.8, 4) is 0 Å². The van der Waals surface area contributed by atoms with Crippen molar-refractivity contribution < 1.29 is 14.3 Å². The number of nitrogens with zero attached hydrogens (tertiary/aromatic N) is 2. The highest BCUT2D eigenvalue weighted by Crippen LogP contribution is 2.38. The predicted molar refractivity (Wildman–Crippen MR) is 103 cm³/mol. The van der Waals surface area contributed by atoms with E-state index in [0.717, 1.165) is 24.1 Å². The zero-order chi connectivity index (χ0) is 19.0. The van der Waals surface area contributed by atoms with E-state index in [2.05, 4.69) is 10.2 Å². The Kier molecular flexibility index (Phi) is 5.00. The molecule has 1 saturated carbocycles. The molecular formula is C19H23N3O3S. The summed E-state index contributed by atoms with van der Waals surface area (Å²) in [5.74, 6) is -0.440. The minimum atomic E-state index is -0.389. The Morgan fingerprint density at radius 2 is 1.85 bits per heavy atom. The molecule has 1 aromatic rings. The number of nitrogens with one attached hydrogen (secondary N) is 1. The molecule has 0 spiro atoms. The van der Waals surface area contributed by atoms with E-state index in [9.17, 15) is 9.59 Å². The maximum absolute atomic E-state index is 12.9. The molecule has 0 radical (unpaired) electrons. The van der Waals surface area contributed by atoms with E-state index in [4.69, 9.17) is 17.0 Å². The van der Waals surface area contributed by atoms with Gasteiger partial charge in [-0.05, 0) is 49.7 Å². The Morgan fingerprint density at radius 3 is 2.35 bits per heavy atom. The first-order chi connectivity index (χ1) is 12.3. The number of thiocarbonyl (C=S) groups is 1. The molecule has 7 heteroatoms. The van der Waals surface area contributed by atoms with Crippen LogP contribution in [0.15, 0.2) is 35.5 Å². The molecule has 0 aromatic heterocycles. The van der Waals surface area contributed by atoms with Crippen LogP contribution in [-0.2, 0) is 9.53 Å². The molecule has 1 amide bonds. The zero-order valence-electron chi connectivity index (χ0n) is 15.4. The number of carbonyl (C=O) groups excluding carboxylic acids is 2. The van der Waals surface area contributed by atoms with Gasteiger partial charge in [-0.15, -0.1) is 0 Å². The van der Waals surface area contributed by atoms with Crippen LogP contribution in [0, 0.1) is 0 Å². The van der Waals surface area contributed by atoms with Crippen molar-refractivity contribution in [2.24, 2.45) is 0 Å². The van der Waals surface area contributed by atoms with Crippen LogP contribution in [0.4, 0.5) is 0 Å². The average Bonchev–Trinajstić information content (AvgIpc) is 3.45. The van der Waals surface area contributed by atoms with Crippen LogP contribution in [0.3, 0.4) is 0 Å². The molecule has 1 aliphatic carbocycles. The van der Waals surface area contributed by atoms with Crippen LogP contribution in [0.2, 0.25) is 0 Å². The van der Waals surface area contributed by atoms with E-state index >= 15 is 0 Å². The molecule has 1 fully saturated rings. The van der Waals surface area contributed by atoms with Gasteiger partial charge in [-0.2, -0.15) is 0 Å². The Bertz CT molecular complexity index is 782. The number of carbonyl (C=O) groups is 2. The maximum Gasteiger partial charge on any atom is 0.337 e. The van der Waals surface area contributed by atoms with Crippen molar-refractivity contribution in [1.82, 2.24) is 15.1 Å². The summed E-state index contributed by atoms with van der Waals surface area (Å²) in [5, 5.41) is 3.96. The number of rotatable bonds is 4. The van der Waals surface area contributed by atoms with E-state index in [1.807, 2.05) is 19.1 Å². The summed E-state index contributed by atoms with van der Waals surface area (Å²) in [4.78, 5) is 28.2. The Labute approximate surface area is 158 Å². The lowest BCUT2D eigenvalue weighted by molar-refractivity contribution is -0.125. The van der Waals surface area contributed by atoms with Gasteiger partial charge in [-0.25, -0.2) is 4.79 Å². The van der Waals surface area contributed by atoms with Crippen molar-refractivity contribution in [3.05, 3.63) is 46.7 Å². The van der Waals surface area contributed by atoms with Gasteiger partial charge in [0.15, 0.2) is 5.11 Å². The van der Waals surface area contributed by atoms with Gasteiger partial charge in [0.05, 0.1) is 24.3 Å². The Hall–Kier alpha value is -2.41. The third kappa shape index (κ3) is 3.31. The largest absolute Gasteiger partial charge is 0.465 e. The third-order valence-corrected chi connectivity index (χ3v) is 5.05. The normalized spacial score (nSPS) is 19.9. The molecule has 6 nitrogen and oxygen atoms in total. The van der Waals surface area contributed by atoms with Crippen LogP contribution in [0.25, 0.3) is 0 Å². The van der Waals surface area contributed by atoms with Crippen LogP contribution in [0.5, 0.6) is 0 Å². The van der Waals surface area contributed by atoms with Gasteiger partial charge in [0.25, 0.3) is 5.91 Å². The van der Waals surface area contributed by atoms with Gasteiger partial charge < -0.3 is 19.9 Å². The average molecular weight is 373 g/mol. The van der Waals surface area contributed by atoms with Crippen LogP contribution in [0.1, 0.15) is 41.7 Å². The number of esters is 1. The summed E-state index contributed by atoms with van der Waals surface area (Å²) in [6, 6.07) is 7.09. The van der Waals surface area contributed by atoms with Crippen molar-refractivity contribution in [1.29, 1.82) is 0 Å². The quantitative estimate of drug-likeness (QED) is 0.645. The minimum Gasteiger partial charge on any atom is -0.465 e. The monoisotopic (exact) mass is 373 g/mol. The third-order valence-electron chi connectivity index (χ3n) is 4.74. The highest BCUT2D eigenvalue weighted by molar-refractivity contribution is 7.80. The molecule has 1 unspecified atom stereocenters.